The summed E-state index contributed by atoms with van der Waals surface area (Å²) >= 11 is 5.99. The third-order valence-corrected chi connectivity index (χ3v) is 2.95. The number of nitrogens with zero attached hydrogens (tertiary/aromatic N) is 3. The van der Waals surface area contributed by atoms with Crippen LogP contribution in [0.4, 0.5) is 0 Å². The molecule has 102 valence electrons. The Kier molecular flexibility index (Phi) is 6.89. The van der Waals surface area contributed by atoms with Gasteiger partial charge in [-0.2, -0.15) is 10.5 Å². The fourth-order valence-corrected chi connectivity index (χ4v) is 1.78. The van der Waals surface area contributed by atoms with Gasteiger partial charge in [0.1, 0.15) is 0 Å². The maximum absolute atomic E-state index is 12.0. The Bertz CT molecular complexity index is 551. The van der Waals surface area contributed by atoms with Crippen LogP contribution >= 0.6 is 11.6 Å². The molecule has 0 N–H and O–H groups in total. The van der Waals surface area contributed by atoms with E-state index in [1.54, 1.807) is 18.2 Å². The van der Waals surface area contributed by atoms with E-state index in [0.717, 1.165) is 5.56 Å². The van der Waals surface area contributed by atoms with Gasteiger partial charge in [0.05, 0.1) is 25.0 Å². The van der Waals surface area contributed by atoms with Crippen molar-refractivity contribution in [2.75, 3.05) is 13.1 Å². The molecule has 0 fully saturated rings. The summed E-state index contributed by atoms with van der Waals surface area (Å²) in [7, 11) is 0. The highest BCUT2D eigenvalue weighted by Gasteiger charge is 2.09. The van der Waals surface area contributed by atoms with Crippen LogP contribution in [-0.4, -0.2) is 23.9 Å². The van der Waals surface area contributed by atoms with Gasteiger partial charge in [-0.3, -0.25) is 4.79 Å². The van der Waals surface area contributed by atoms with Crippen molar-refractivity contribution in [2.24, 2.45) is 0 Å². The molecule has 0 aromatic heterocycles. The van der Waals surface area contributed by atoms with Gasteiger partial charge in [-0.1, -0.05) is 29.8 Å². The van der Waals surface area contributed by atoms with Gasteiger partial charge in [-0.25, -0.2) is 0 Å². The van der Waals surface area contributed by atoms with E-state index in [4.69, 9.17) is 22.1 Å². The van der Waals surface area contributed by atoms with Crippen LogP contribution < -0.4 is 0 Å². The zero-order valence-electron chi connectivity index (χ0n) is 10.9. The number of amides is 1. The number of halogens is 1. The van der Waals surface area contributed by atoms with Crippen molar-refractivity contribution in [3.8, 4) is 12.1 Å². The second-order valence-electron chi connectivity index (χ2n) is 4.00. The van der Waals surface area contributed by atoms with Gasteiger partial charge in [-0.15, -0.1) is 0 Å². The molecular formula is C15H14ClN3O. The summed E-state index contributed by atoms with van der Waals surface area (Å²) in [6, 6.07) is 11.2. The molecule has 0 radical (unpaired) electrons. The minimum Gasteiger partial charge on any atom is -0.337 e. The van der Waals surface area contributed by atoms with Gasteiger partial charge in [0.2, 0.25) is 5.91 Å². The van der Waals surface area contributed by atoms with Crippen LogP contribution in [0.3, 0.4) is 0 Å². The lowest BCUT2D eigenvalue weighted by molar-refractivity contribution is -0.125. The zero-order valence-corrected chi connectivity index (χ0v) is 11.7. The highest BCUT2D eigenvalue weighted by Crippen LogP contribution is 2.16. The Morgan fingerprint density at radius 3 is 2.35 bits per heavy atom. The lowest BCUT2D eigenvalue weighted by atomic mass is 10.2. The molecule has 0 aliphatic heterocycles. The minimum atomic E-state index is -0.226. The number of benzene rings is 1. The number of carbonyl (C=O) groups excluding carboxylic acids is 1. The molecule has 1 amide bonds. The Morgan fingerprint density at radius 2 is 1.80 bits per heavy atom. The van der Waals surface area contributed by atoms with Gasteiger partial charge in [0.15, 0.2) is 0 Å². The number of nitriles is 2. The molecule has 0 bridgehead atoms. The van der Waals surface area contributed by atoms with Crippen molar-refractivity contribution in [3.63, 3.8) is 0 Å². The Morgan fingerprint density at radius 1 is 1.20 bits per heavy atom. The quantitative estimate of drug-likeness (QED) is 0.755. The summed E-state index contributed by atoms with van der Waals surface area (Å²) in [5, 5.41) is 17.7. The van der Waals surface area contributed by atoms with Crippen LogP contribution in [0.15, 0.2) is 30.3 Å². The van der Waals surface area contributed by atoms with Gasteiger partial charge < -0.3 is 4.90 Å². The van der Waals surface area contributed by atoms with Crippen molar-refractivity contribution < 1.29 is 4.79 Å². The predicted molar refractivity (Wildman–Crippen MR) is 77.5 cm³/mol. The molecule has 4 nitrogen and oxygen atoms in total. The SMILES string of the molecule is N#CCCN(CCC#N)C(=O)/C=C/c1ccccc1Cl. The van der Waals surface area contributed by atoms with Crippen LogP contribution in [0.5, 0.6) is 0 Å². The first-order valence-electron chi connectivity index (χ1n) is 6.14. The third kappa shape index (κ3) is 5.14. The van der Waals surface area contributed by atoms with Crippen molar-refractivity contribution >= 4 is 23.6 Å². The third-order valence-electron chi connectivity index (χ3n) is 2.61. The van der Waals surface area contributed by atoms with E-state index in [2.05, 4.69) is 0 Å². The molecule has 0 aliphatic rings. The number of carbonyl (C=O) groups is 1. The Labute approximate surface area is 123 Å². The van der Waals surface area contributed by atoms with Crippen molar-refractivity contribution in [3.05, 3.63) is 40.9 Å². The van der Waals surface area contributed by atoms with Crippen LogP contribution in [0, 0.1) is 22.7 Å². The standard InChI is InChI=1S/C15H14ClN3O/c16-14-6-2-1-5-13(14)7-8-15(20)19(11-3-9-17)12-4-10-18/h1-2,5-8H,3-4,11-12H2/b8-7+. The predicted octanol–water partition coefficient (Wildman–Crippen LogP) is 3.01. The first-order valence-corrected chi connectivity index (χ1v) is 6.52. The zero-order chi connectivity index (χ0) is 14.8. The highest BCUT2D eigenvalue weighted by molar-refractivity contribution is 6.32. The molecule has 5 heteroatoms. The van der Waals surface area contributed by atoms with E-state index >= 15 is 0 Å². The molecule has 0 saturated heterocycles. The van der Waals surface area contributed by atoms with E-state index < -0.39 is 0 Å². The summed E-state index contributed by atoms with van der Waals surface area (Å²) < 4.78 is 0. The first kappa shape index (κ1) is 15.8. The van der Waals surface area contributed by atoms with Crippen LogP contribution in [0.1, 0.15) is 18.4 Å². The fraction of sp³-hybridized carbons (Fsp3) is 0.267. The van der Waals surface area contributed by atoms with Crippen LogP contribution in [0.25, 0.3) is 6.08 Å². The molecule has 0 spiro atoms. The molecule has 1 aromatic carbocycles. The van der Waals surface area contributed by atoms with E-state index in [0.29, 0.717) is 18.1 Å². The van der Waals surface area contributed by atoms with Crippen LogP contribution in [-0.2, 0) is 4.79 Å². The molecule has 1 aromatic rings. The Balaban J connectivity index is 2.72. The van der Waals surface area contributed by atoms with E-state index in [9.17, 15) is 4.79 Å². The van der Waals surface area contributed by atoms with Crippen LogP contribution in [0.2, 0.25) is 5.02 Å². The molecule has 0 aliphatic carbocycles. The molecule has 0 atom stereocenters. The maximum atomic E-state index is 12.0. The lowest BCUT2D eigenvalue weighted by Gasteiger charge is -2.18. The molecule has 0 saturated carbocycles. The molecule has 1 rings (SSSR count). The topological polar surface area (TPSA) is 67.9 Å². The Hall–Kier alpha value is -2.30. The number of hydrogen-bond donors (Lipinski definition) is 0. The van der Waals surface area contributed by atoms with Crippen molar-refractivity contribution in [2.45, 2.75) is 12.8 Å². The molecule has 0 heterocycles. The second-order valence-corrected chi connectivity index (χ2v) is 4.40. The van der Waals surface area contributed by atoms with Gasteiger partial charge in [-0.05, 0) is 17.7 Å². The smallest absolute Gasteiger partial charge is 0.246 e. The van der Waals surface area contributed by atoms with Crippen molar-refractivity contribution in [1.29, 1.82) is 10.5 Å². The van der Waals surface area contributed by atoms with E-state index in [1.165, 1.54) is 11.0 Å². The lowest BCUT2D eigenvalue weighted by Crippen LogP contribution is -2.31. The normalized spacial score (nSPS) is 9.95. The molecule has 20 heavy (non-hydrogen) atoms. The minimum absolute atomic E-state index is 0.226. The largest absolute Gasteiger partial charge is 0.337 e. The summed E-state index contributed by atoms with van der Waals surface area (Å²) in [5.41, 5.74) is 0.753. The van der Waals surface area contributed by atoms with Crippen molar-refractivity contribution in [1.82, 2.24) is 4.90 Å². The fourth-order valence-electron chi connectivity index (χ4n) is 1.58. The van der Waals surface area contributed by atoms with Gasteiger partial charge in [0, 0.05) is 24.2 Å². The monoisotopic (exact) mass is 287 g/mol. The van der Waals surface area contributed by atoms with E-state index in [1.807, 2.05) is 24.3 Å². The average Bonchev–Trinajstić information content (AvgIpc) is 2.46. The summed E-state index contributed by atoms with van der Waals surface area (Å²) in [5.74, 6) is -0.226. The van der Waals surface area contributed by atoms with Gasteiger partial charge in [0.25, 0.3) is 0 Å². The number of rotatable bonds is 6. The average molecular weight is 288 g/mol. The molecular weight excluding hydrogens is 274 g/mol. The summed E-state index contributed by atoms with van der Waals surface area (Å²) in [6.07, 6.45) is 3.54. The molecule has 0 unspecified atom stereocenters. The van der Waals surface area contributed by atoms with Gasteiger partial charge >= 0.3 is 0 Å². The maximum Gasteiger partial charge on any atom is 0.246 e. The highest BCUT2D eigenvalue weighted by atomic mass is 35.5. The first-order chi connectivity index (χ1) is 9.69. The summed E-state index contributed by atoms with van der Waals surface area (Å²) in [6.45, 7) is 0.647. The van der Waals surface area contributed by atoms with E-state index in [-0.39, 0.29) is 18.7 Å². The summed E-state index contributed by atoms with van der Waals surface area (Å²) in [4.78, 5) is 13.5. The second kappa shape index (κ2) is 8.74. The number of hydrogen-bond acceptors (Lipinski definition) is 3.